The summed E-state index contributed by atoms with van der Waals surface area (Å²) in [6.07, 6.45) is 0. The number of nitrogens with one attached hydrogen (secondary N) is 1. The number of halogens is 2. The van der Waals surface area contributed by atoms with Gasteiger partial charge in [0.2, 0.25) is 0 Å². The number of amides is 1. The second kappa shape index (κ2) is 10.7. The molecule has 1 amide bonds. The molecule has 8 heteroatoms. The molecule has 178 valence electrons. The van der Waals surface area contributed by atoms with E-state index in [2.05, 4.69) is 11.4 Å². The molecule has 0 fully saturated rings. The lowest BCUT2D eigenvalue weighted by Gasteiger charge is -2.15. The van der Waals surface area contributed by atoms with Gasteiger partial charge in [-0.15, -0.1) is 0 Å². The first-order chi connectivity index (χ1) is 17.3. The summed E-state index contributed by atoms with van der Waals surface area (Å²) in [7, 11) is 0. The lowest BCUT2D eigenvalue weighted by Crippen LogP contribution is -2.23. The zero-order valence-electron chi connectivity index (χ0n) is 18.7. The number of carboxylic acids is 1. The van der Waals surface area contributed by atoms with Crippen LogP contribution < -0.4 is 10.1 Å². The fourth-order valence-corrected chi connectivity index (χ4v) is 3.68. The van der Waals surface area contributed by atoms with E-state index in [1.807, 2.05) is 0 Å². The highest BCUT2D eigenvalue weighted by Crippen LogP contribution is 2.35. The fourth-order valence-electron chi connectivity index (χ4n) is 3.49. The average molecular weight is 501 g/mol. The number of nitriles is 1. The third-order valence-corrected chi connectivity index (χ3v) is 5.53. The normalized spacial score (nSPS) is 10.4. The molecule has 2 N–H and O–H groups in total. The summed E-state index contributed by atoms with van der Waals surface area (Å²) in [4.78, 5) is 24.4. The highest BCUT2D eigenvalue weighted by atomic mass is 35.5. The second-order valence-corrected chi connectivity index (χ2v) is 8.20. The van der Waals surface area contributed by atoms with Crippen molar-refractivity contribution in [1.29, 1.82) is 5.26 Å². The summed E-state index contributed by atoms with van der Waals surface area (Å²) >= 11 is 6.13. The Bertz CT molecular complexity index is 1480. The molecule has 0 aromatic heterocycles. The molecule has 4 rings (SSSR count). The molecule has 0 unspecified atom stereocenters. The molecule has 4 aromatic rings. The molecule has 36 heavy (non-hydrogen) atoms. The Hall–Kier alpha value is -4.67. The van der Waals surface area contributed by atoms with E-state index in [0.717, 1.165) is 0 Å². The third kappa shape index (κ3) is 5.69. The van der Waals surface area contributed by atoms with Gasteiger partial charge in [-0.2, -0.15) is 5.26 Å². The number of carboxylic acid groups (broad SMARTS) is 1. The van der Waals surface area contributed by atoms with Crippen LogP contribution in [0.4, 0.5) is 4.39 Å². The Kier molecular flexibility index (Phi) is 7.28. The highest BCUT2D eigenvalue weighted by molar-refractivity contribution is 6.30. The van der Waals surface area contributed by atoms with Crippen LogP contribution in [0.3, 0.4) is 0 Å². The first-order valence-electron chi connectivity index (χ1n) is 10.7. The average Bonchev–Trinajstić information content (AvgIpc) is 2.88. The zero-order valence-corrected chi connectivity index (χ0v) is 19.4. The van der Waals surface area contributed by atoms with E-state index < -0.39 is 17.7 Å². The predicted molar refractivity (Wildman–Crippen MR) is 133 cm³/mol. The van der Waals surface area contributed by atoms with E-state index >= 15 is 0 Å². The van der Waals surface area contributed by atoms with Crippen molar-refractivity contribution in [3.63, 3.8) is 0 Å². The quantitative estimate of drug-likeness (QED) is 0.304. The minimum Gasteiger partial charge on any atom is -0.478 e. The van der Waals surface area contributed by atoms with Crippen LogP contribution in [-0.4, -0.2) is 17.0 Å². The van der Waals surface area contributed by atoms with Gasteiger partial charge in [0.15, 0.2) is 5.75 Å². The summed E-state index contributed by atoms with van der Waals surface area (Å²) < 4.78 is 19.2. The minimum atomic E-state index is -1.05. The molecule has 0 bridgehead atoms. The first kappa shape index (κ1) is 24.5. The van der Waals surface area contributed by atoms with Crippen molar-refractivity contribution in [3.8, 4) is 28.7 Å². The van der Waals surface area contributed by atoms with E-state index in [1.54, 1.807) is 48.5 Å². The molecule has 0 heterocycles. The molecule has 6 nitrogen and oxygen atoms in total. The van der Waals surface area contributed by atoms with Crippen molar-refractivity contribution in [2.75, 3.05) is 0 Å². The Balaban J connectivity index is 1.71. The van der Waals surface area contributed by atoms with Gasteiger partial charge in [-0.1, -0.05) is 35.9 Å². The molecule has 0 aliphatic rings. The SMILES string of the molecule is N#Cc1cc(-c2cccc(Cl)c2)cc(C(=O)NCc2ccc(C(=O)O)cc2)c1Oc1ccc(F)cc1. The lowest BCUT2D eigenvalue weighted by atomic mass is 9.98. The number of benzene rings is 4. The van der Waals surface area contributed by atoms with Gasteiger partial charge in [-0.25, -0.2) is 9.18 Å². The van der Waals surface area contributed by atoms with Crippen LogP contribution in [0.2, 0.25) is 5.02 Å². The van der Waals surface area contributed by atoms with Crippen LogP contribution in [0, 0.1) is 17.1 Å². The molecule has 0 atom stereocenters. The van der Waals surface area contributed by atoms with Gasteiger partial charge >= 0.3 is 5.97 Å². The number of hydrogen-bond acceptors (Lipinski definition) is 4. The summed E-state index contributed by atoms with van der Waals surface area (Å²) in [6, 6.07) is 23.5. The van der Waals surface area contributed by atoms with Gasteiger partial charge in [-0.3, -0.25) is 4.79 Å². The van der Waals surface area contributed by atoms with E-state index in [0.29, 0.717) is 21.7 Å². The summed E-state index contributed by atoms with van der Waals surface area (Å²) in [5.41, 5.74) is 2.29. The highest BCUT2D eigenvalue weighted by Gasteiger charge is 2.20. The molecule has 0 saturated carbocycles. The van der Waals surface area contributed by atoms with Crippen LogP contribution in [0.1, 0.15) is 31.8 Å². The molecule has 4 aromatic carbocycles. The standard InChI is InChI=1S/C28H18ClFN2O4/c29-22-3-1-2-19(13-22)20-12-21(15-31)26(36-24-10-8-23(30)9-11-24)25(14-20)27(33)32-16-17-4-6-18(7-5-17)28(34)35/h1-14H,16H2,(H,32,33)(H,34,35). The largest absolute Gasteiger partial charge is 0.478 e. The van der Waals surface area contributed by atoms with Crippen LogP contribution in [-0.2, 0) is 6.54 Å². The van der Waals surface area contributed by atoms with Crippen molar-refractivity contribution in [1.82, 2.24) is 5.32 Å². The maximum Gasteiger partial charge on any atom is 0.335 e. The van der Waals surface area contributed by atoms with Gasteiger partial charge < -0.3 is 15.2 Å². The van der Waals surface area contributed by atoms with Gasteiger partial charge in [0.1, 0.15) is 17.6 Å². The van der Waals surface area contributed by atoms with Gasteiger partial charge in [0, 0.05) is 11.6 Å². The summed E-state index contributed by atoms with van der Waals surface area (Å²) in [5, 5.41) is 22.2. The Labute approximate surface area is 211 Å². The van der Waals surface area contributed by atoms with E-state index in [9.17, 15) is 19.2 Å². The number of nitrogens with zero attached hydrogens (tertiary/aromatic N) is 1. The maximum atomic E-state index is 13.4. The first-order valence-corrected chi connectivity index (χ1v) is 11.1. The Morgan fingerprint density at radius 3 is 2.33 bits per heavy atom. The number of aromatic carboxylic acids is 1. The number of rotatable bonds is 7. The molecule has 0 spiro atoms. The Morgan fingerprint density at radius 1 is 0.972 bits per heavy atom. The zero-order chi connectivity index (χ0) is 25.7. The van der Waals surface area contributed by atoms with Gasteiger partial charge in [0.05, 0.1) is 16.7 Å². The molecular weight excluding hydrogens is 483 g/mol. The van der Waals surface area contributed by atoms with Crippen LogP contribution in [0.5, 0.6) is 11.5 Å². The Morgan fingerprint density at radius 2 is 1.69 bits per heavy atom. The van der Waals surface area contributed by atoms with Gasteiger partial charge in [-0.05, 0) is 77.4 Å². The molecule has 0 saturated heterocycles. The number of ether oxygens (including phenoxy) is 1. The number of hydrogen-bond donors (Lipinski definition) is 2. The number of carbonyl (C=O) groups is 2. The van der Waals surface area contributed by atoms with Crippen LogP contribution >= 0.6 is 11.6 Å². The minimum absolute atomic E-state index is 0.0219. The molecule has 0 radical (unpaired) electrons. The molecule has 0 aliphatic carbocycles. The predicted octanol–water partition coefficient (Wildman–Crippen LogP) is 6.44. The van der Waals surface area contributed by atoms with Gasteiger partial charge in [0.25, 0.3) is 5.91 Å². The summed E-state index contributed by atoms with van der Waals surface area (Å²) in [6.45, 7) is 0.109. The maximum absolute atomic E-state index is 13.4. The number of carbonyl (C=O) groups excluding carboxylic acids is 1. The summed E-state index contributed by atoms with van der Waals surface area (Å²) in [5.74, 6) is -1.74. The van der Waals surface area contributed by atoms with E-state index in [-0.39, 0.29) is 34.7 Å². The third-order valence-electron chi connectivity index (χ3n) is 5.30. The monoisotopic (exact) mass is 500 g/mol. The van der Waals surface area contributed by atoms with Crippen molar-refractivity contribution in [2.45, 2.75) is 6.54 Å². The van der Waals surface area contributed by atoms with Crippen molar-refractivity contribution in [2.24, 2.45) is 0 Å². The fraction of sp³-hybridized carbons (Fsp3) is 0.0357. The molecule has 0 aliphatic heterocycles. The van der Waals surface area contributed by atoms with Crippen molar-refractivity contribution in [3.05, 3.63) is 118 Å². The smallest absolute Gasteiger partial charge is 0.335 e. The van der Waals surface area contributed by atoms with Crippen LogP contribution in [0.15, 0.2) is 84.9 Å². The second-order valence-electron chi connectivity index (χ2n) is 7.76. The van der Waals surface area contributed by atoms with Crippen molar-refractivity contribution < 1.29 is 23.8 Å². The van der Waals surface area contributed by atoms with Crippen molar-refractivity contribution >= 4 is 23.5 Å². The van der Waals surface area contributed by atoms with E-state index in [4.69, 9.17) is 21.4 Å². The topological polar surface area (TPSA) is 99.4 Å². The van der Waals surface area contributed by atoms with Crippen LogP contribution in [0.25, 0.3) is 11.1 Å². The lowest BCUT2D eigenvalue weighted by molar-refractivity contribution is 0.0696. The molecular formula is C28H18ClFN2O4. The van der Waals surface area contributed by atoms with E-state index in [1.165, 1.54) is 36.4 Å².